The Labute approximate surface area is 149 Å². The van der Waals surface area contributed by atoms with E-state index in [1.165, 1.54) is 0 Å². The normalized spacial score (nSPS) is 16.2. The summed E-state index contributed by atoms with van der Waals surface area (Å²) in [6, 6.07) is 9.82. The van der Waals surface area contributed by atoms with E-state index in [0.29, 0.717) is 13.2 Å². The Morgan fingerprint density at radius 3 is 2.59 bits per heavy atom. The third-order valence-corrected chi connectivity index (χ3v) is 3.27. The van der Waals surface area contributed by atoms with Crippen LogP contribution in [-0.2, 0) is 4.74 Å². The minimum atomic E-state index is 0. The molecule has 0 aliphatic carbocycles. The molecular formula is C16H26IN3O2. The first kappa shape index (κ1) is 19.0. The van der Waals surface area contributed by atoms with Crippen molar-refractivity contribution in [2.75, 3.05) is 39.5 Å². The molecule has 1 aromatic carbocycles. The summed E-state index contributed by atoms with van der Waals surface area (Å²) >= 11 is 0. The molecule has 0 amide bonds. The Balaban J connectivity index is 0.00000242. The highest BCUT2D eigenvalue weighted by atomic mass is 127. The van der Waals surface area contributed by atoms with Gasteiger partial charge in [0.05, 0.1) is 26.3 Å². The molecule has 1 saturated heterocycles. The average molecular weight is 419 g/mol. The van der Waals surface area contributed by atoms with Gasteiger partial charge in [-0.3, -0.25) is 4.99 Å². The van der Waals surface area contributed by atoms with Crippen molar-refractivity contribution in [3.63, 3.8) is 0 Å². The highest BCUT2D eigenvalue weighted by Gasteiger charge is 2.33. The van der Waals surface area contributed by atoms with Crippen LogP contribution in [-0.4, -0.2) is 45.4 Å². The van der Waals surface area contributed by atoms with E-state index in [9.17, 15) is 0 Å². The molecule has 1 aromatic rings. The number of halogens is 1. The topological polar surface area (TPSA) is 54.9 Å². The van der Waals surface area contributed by atoms with E-state index < -0.39 is 0 Å². The van der Waals surface area contributed by atoms with Crippen molar-refractivity contribution in [3.05, 3.63) is 30.3 Å². The summed E-state index contributed by atoms with van der Waals surface area (Å²) in [7, 11) is 0. The van der Waals surface area contributed by atoms with Gasteiger partial charge in [-0.25, -0.2) is 0 Å². The number of para-hydroxylation sites is 1. The predicted octanol–water partition coefficient (Wildman–Crippen LogP) is 2.28. The van der Waals surface area contributed by atoms with Crippen molar-refractivity contribution in [1.29, 1.82) is 0 Å². The molecule has 0 radical (unpaired) electrons. The van der Waals surface area contributed by atoms with Crippen molar-refractivity contribution < 1.29 is 9.47 Å². The summed E-state index contributed by atoms with van der Waals surface area (Å²) in [5.41, 5.74) is 0.197. The molecular weight excluding hydrogens is 393 g/mol. The molecule has 0 aromatic heterocycles. The van der Waals surface area contributed by atoms with Gasteiger partial charge in [0.15, 0.2) is 5.96 Å². The quantitative estimate of drug-likeness (QED) is 0.308. The fraction of sp³-hybridized carbons (Fsp3) is 0.562. The first-order valence-electron chi connectivity index (χ1n) is 7.50. The fourth-order valence-corrected chi connectivity index (χ4v) is 2.01. The molecule has 124 valence electrons. The second-order valence-electron chi connectivity index (χ2n) is 5.59. The van der Waals surface area contributed by atoms with Gasteiger partial charge in [-0.15, -0.1) is 24.0 Å². The van der Waals surface area contributed by atoms with Gasteiger partial charge >= 0.3 is 0 Å². The van der Waals surface area contributed by atoms with E-state index >= 15 is 0 Å². The van der Waals surface area contributed by atoms with Gasteiger partial charge in [0, 0.05) is 12.0 Å². The van der Waals surface area contributed by atoms with Crippen LogP contribution in [0.25, 0.3) is 0 Å². The molecule has 2 N–H and O–H groups in total. The van der Waals surface area contributed by atoms with Crippen molar-refractivity contribution in [2.24, 2.45) is 10.4 Å². The van der Waals surface area contributed by atoms with E-state index in [0.717, 1.165) is 38.0 Å². The Hall–Kier alpha value is -1.02. The molecule has 0 bridgehead atoms. The lowest BCUT2D eigenvalue weighted by Gasteiger charge is -2.36. The highest BCUT2D eigenvalue weighted by molar-refractivity contribution is 14.0. The maximum Gasteiger partial charge on any atom is 0.191 e. The number of guanidine groups is 1. The molecule has 2 rings (SSSR count). The van der Waals surface area contributed by atoms with Gasteiger partial charge in [0.25, 0.3) is 0 Å². The Morgan fingerprint density at radius 2 is 2.00 bits per heavy atom. The minimum Gasteiger partial charge on any atom is -0.492 e. The Morgan fingerprint density at radius 1 is 1.27 bits per heavy atom. The maximum absolute atomic E-state index is 5.65. The predicted molar refractivity (Wildman–Crippen MR) is 100 cm³/mol. The number of benzene rings is 1. The lowest BCUT2D eigenvalue weighted by molar-refractivity contribution is -0.0945. The van der Waals surface area contributed by atoms with Crippen molar-refractivity contribution in [3.8, 4) is 5.75 Å². The second-order valence-corrected chi connectivity index (χ2v) is 5.59. The van der Waals surface area contributed by atoms with Crippen molar-refractivity contribution >= 4 is 29.9 Å². The number of aliphatic imine (C=N–C) groups is 1. The van der Waals surface area contributed by atoms with Crippen LogP contribution in [0.5, 0.6) is 5.75 Å². The first-order chi connectivity index (χ1) is 10.2. The van der Waals surface area contributed by atoms with Gasteiger partial charge < -0.3 is 20.1 Å². The first-order valence-corrected chi connectivity index (χ1v) is 7.50. The van der Waals surface area contributed by atoms with Crippen LogP contribution in [0.2, 0.25) is 0 Å². The monoisotopic (exact) mass is 419 g/mol. The number of rotatable bonds is 7. The van der Waals surface area contributed by atoms with Crippen LogP contribution in [0.15, 0.2) is 35.3 Å². The molecule has 1 fully saturated rings. The Bertz CT molecular complexity index is 450. The minimum absolute atomic E-state index is 0. The molecule has 22 heavy (non-hydrogen) atoms. The molecule has 0 unspecified atom stereocenters. The summed E-state index contributed by atoms with van der Waals surface area (Å²) in [4.78, 5) is 4.61. The molecule has 0 atom stereocenters. The molecule has 1 aliphatic rings. The summed E-state index contributed by atoms with van der Waals surface area (Å²) in [6.07, 6.45) is 0. The molecule has 6 heteroatoms. The number of hydrogen-bond donors (Lipinski definition) is 2. The fourth-order valence-electron chi connectivity index (χ4n) is 2.01. The SMILES string of the molecule is CCNC(=NCC1(C)COC1)NCCOc1ccccc1.I. The van der Waals surface area contributed by atoms with Crippen LogP contribution < -0.4 is 15.4 Å². The van der Waals surface area contributed by atoms with Crippen LogP contribution >= 0.6 is 24.0 Å². The second kappa shape index (κ2) is 9.89. The summed E-state index contributed by atoms with van der Waals surface area (Å²) in [6.45, 7) is 8.80. The standard InChI is InChI=1S/C16H25N3O2.HI/c1-3-17-15(19-11-16(2)12-20-13-16)18-9-10-21-14-7-5-4-6-8-14;/h4-8H,3,9-13H2,1-2H3,(H2,17,18,19);1H. The third kappa shape index (κ3) is 6.39. The highest BCUT2D eigenvalue weighted by Crippen LogP contribution is 2.26. The largest absolute Gasteiger partial charge is 0.492 e. The molecule has 0 spiro atoms. The molecule has 0 saturated carbocycles. The van der Waals surface area contributed by atoms with Gasteiger partial charge in [0.2, 0.25) is 0 Å². The zero-order valence-electron chi connectivity index (χ0n) is 13.3. The molecule has 5 nitrogen and oxygen atoms in total. The lowest BCUT2D eigenvalue weighted by Crippen LogP contribution is -2.45. The number of nitrogens with one attached hydrogen (secondary N) is 2. The average Bonchev–Trinajstić information content (AvgIpc) is 2.48. The Kier molecular flexibility index (Phi) is 8.55. The van der Waals surface area contributed by atoms with E-state index in [1.807, 2.05) is 30.3 Å². The van der Waals surface area contributed by atoms with Gasteiger partial charge in [-0.1, -0.05) is 25.1 Å². The zero-order chi connectivity index (χ0) is 15.0. The van der Waals surface area contributed by atoms with Gasteiger partial charge in [-0.2, -0.15) is 0 Å². The number of nitrogens with zero attached hydrogens (tertiary/aromatic N) is 1. The lowest BCUT2D eigenvalue weighted by atomic mass is 9.89. The maximum atomic E-state index is 5.65. The van der Waals surface area contributed by atoms with Gasteiger partial charge in [0.1, 0.15) is 12.4 Å². The van der Waals surface area contributed by atoms with Crippen molar-refractivity contribution in [1.82, 2.24) is 10.6 Å². The zero-order valence-corrected chi connectivity index (χ0v) is 15.6. The van der Waals surface area contributed by atoms with Crippen LogP contribution in [0.4, 0.5) is 0 Å². The summed E-state index contributed by atoms with van der Waals surface area (Å²) < 4.78 is 10.9. The van der Waals surface area contributed by atoms with Crippen molar-refractivity contribution in [2.45, 2.75) is 13.8 Å². The van der Waals surface area contributed by atoms with E-state index in [1.54, 1.807) is 0 Å². The molecule has 1 aliphatic heterocycles. The van der Waals surface area contributed by atoms with Gasteiger partial charge in [-0.05, 0) is 19.1 Å². The number of ether oxygens (including phenoxy) is 2. The van der Waals surface area contributed by atoms with E-state index in [-0.39, 0.29) is 29.4 Å². The van der Waals surface area contributed by atoms with E-state index in [4.69, 9.17) is 9.47 Å². The summed E-state index contributed by atoms with van der Waals surface area (Å²) in [5.74, 6) is 1.72. The molecule has 1 heterocycles. The van der Waals surface area contributed by atoms with Crippen LogP contribution in [0.1, 0.15) is 13.8 Å². The van der Waals surface area contributed by atoms with E-state index in [2.05, 4.69) is 29.5 Å². The number of hydrogen-bond acceptors (Lipinski definition) is 3. The smallest absolute Gasteiger partial charge is 0.191 e. The van der Waals surface area contributed by atoms with Crippen LogP contribution in [0, 0.1) is 5.41 Å². The third-order valence-electron chi connectivity index (χ3n) is 3.27. The van der Waals surface area contributed by atoms with Crippen LogP contribution in [0.3, 0.4) is 0 Å². The summed E-state index contributed by atoms with van der Waals surface area (Å²) in [5, 5.41) is 6.53.